The Morgan fingerprint density at radius 2 is 1.88 bits per heavy atom. The maximum atomic E-state index is 12.8. The van der Waals surface area contributed by atoms with Crippen LogP contribution in [0.1, 0.15) is 48.5 Å². The first-order valence-corrected chi connectivity index (χ1v) is 9.12. The van der Waals surface area contributed by atoms with E-state index in [1.54, 1.807) is 4.52 Å². The summed E-state index contributed by atoms with van der Waals surface area (Å²) in [6, 6.07) is 12.2. The molecule has 3 aromatic rings. The number of carbonyl (C=O) groups excluding carboxylic acids is 1. The molecule has 4 rings (SSSR count). The second-order valence-corrected chi connectivity index (χ2v) is 7.16. The van der Waals surface area contributed by atoms with Crippen LogP contribution < -0.4 is 5.32 Å². The number of amides is 1. The van der Waals surface area contributed by atoms with Crippen LogP contribution in [0.5, 0.6) is 0 Å². The number of hydrogen-bond acceptors (Lipinski definition) is 4. The molecular formula is C20H23N5O. The fourth-order valence-corrected chi connectivity index (χ4v) is 3.96. The topological polar surface area (TPSA) is 72.2 Å². The van der Waals surface area contributed by atoms with Crippen LogP contribution in [-0.4, -0.2) is 25.5 Å². The van der Waals surface area contributed by atoms with Gasteiger partial charge in [-0.25, -0.2) is 9.50 Å². The second kappa shape index (κ2) is 6.52. The van der Waals surface area contributed by atoms with Gasteiger partial charge in [-0.15, -0.1) is 5.10 Å². The Morgan fingerprint density at radius 1 is 1.15 bits per heavy atom. The van der Waals surface area contributed by atoms with E-state index < -0.39 is 0 Å². The molecule has 0 saturated heterocycles. The summed E-state index contributed by atoms with van der Waals surface area (Å²) < 4.78 is 1.69. The quantitative estimate of drug-likeness (QED) is 0.786. The Labute approximate surface area is 152 Å². The van der Waals surface area contributed by atoms with Crippen LogP contribution in [0, 0.1) is 13.8 Å². The Balaban J connectivity index is 1.55. The largest absolute Gasteiger partial charge is 0.346 e. The molecule has 6 heteroatoms. The number of aryl methyl sites for hydroxylation is 2. The molecular weight excluding hydrogens is 326 g/mol. The fraction of sp³-hybridized carbons (Fsp3) is 0.400. The van der Waals surface area contributed by atoms with E-state index in [9.17, 15) is 4.79 Å². The maximum absolute atomic E-state index is 12.8. The Morgan fingerprint density at radius 3 is 2.62 bits per heavy atom. The molecule has 1 fully saturated rings. The van der Waals surface area contributed by atoms with Crippen molar-refractivity contribution in [1.29, 1.82) is 0 Å². The van der Waals surface area contributed by atoms with Gasteiger partial charge in [0, 0.05) is 11.4 Å². The Hall–Kier alpha value is -2.76. The summed E-state index contributed by atoms with van der Waals surface area (Å²) in [5.74, 6) is 1.01. The van der Waals surface area contributed by atoms with Gasteiger partial charge in [0.2, 0.25) is 5.91 Å². The van der Waals surface area contributed by atoms with Gasteiger partial charge >= 0.3 is 0 Å². The van der Waals surface area contributed by atoms with Crippen molar-refractivity contribution < 1.29 is 4.79 Å². The summed E-state index contributed by atoms with van der Waals surface area (Å²) in [5.41, 5.74) is 2.78. The Bertz CT molecular complexity index is 941. The number of nitrogens with one attached hydrogen (secondary N) is 1. The van der Waals surface area contributed by atoms with Gasteiger partial charge in [0.1, 0.15) is 0 Å². The first kappa shape index (κ1) is 16.7. The number of hydrogen-bond donors (Lipinski definition) is 1. The highest BCUT2D eigenvalue weighted by Crippen LogP contribution is 2.38. The standard InChI is InChI=1S/C20H23N5O/c1-14-12-15(2)25-19(21-14)22-17(24-25)13-18(26)23-20(10-6-7-11-20)16-8-4-3-5-9-16/h3-5,8-9,12H,6-7,10-11,13H2,1-2H3,(H,23,26). The van der Waals surface area contributed by atoms with Crippen LogP contribution in [0.3, 0.4) is 0 Å². The third-order valence-corrected chi connectivity index (χ3v) is 5.14. The molecule has 1 aromatic carbocycles. The van der Waals surface area contributed by atoms with Gasteiger partial charge in [0.15, 0.2) is 5.82 Å². The van der Waals surface area contributed by atoms with Crippen LogP contribution in [0.25, 0.3) is 5.78 Å². The monoisotopic (exact) mass is 349 g/mol. The van der Waals surface area contributed by atoms with E-state index >= 15 is 0 Å². The highest BCUT2D eigenvalue weighted by molar-refractivity contribution is 5.79. The predicted octanol–water partition coefficient (Wildman–Crippen LogP) is 2.87. The van der Waals surface area contributed by atoms with Crippen molar-refractivity contribution in [2.75, 3.05) is 0 Å². The van der Waals surface area contributed by atoms with Crippen molar-refractivity contribution in [3.8, 4) is 0 Å². The summed E-state index contributed by atoms with van der Waals surface area (Å²) >= 11 is 0. The average Bonchev–Trinajstić information content (AvgIpc) is 3.23. The average molecular weight is 349 g/mol. The van der Waals surface area contributed by atoms with Crippen LogP contribution in [0.15, 0.2) is 36.4 Å². The van der Waals surface area contributed by atoms with Gasteiger partial charge in [-0.2, -0.15) is 4.98 Å². The van der Waals surface area contributed by atoms with Crippen molar-refractivity contribution in [2.45, 2.75) is 51.5 Å². The first-order chi connectivity index (χ1) is 12.6. The summed E-state index contributed by atoms with van der Waals surface area (Å²) in [6.45, 7) is 3.89. The van der Waals surface area contributed by atoms with Crippen LogP contribution in [-0.2, 0) is 16.8 Å². The van der Waals surface area contributed by atoms with Crippen molar-refractivity contribution in [3.05, 3.63) is 59.2 Å². The molecule has 6 nitrogen and oxygen atoms in total. The minimum Gasteiger partial charge on any atom is -0.346 e. The molecule has 1 aliphatic carbocycles. The highest BCUT2D eigenvalue weighted by atomic mass is 16.1. The molecule has 0 spiro atoms. The normalized spacial score (nSPS) is 16.1. The van der Waals surface area contributed by atoms with Gasteiger partial charge in [0.05, 0.1) is 12.0 Å². The molecule has 0 unspecified atom stereocenters. The molecule has 1 saturated carbocycles. The number of carbonyl (C=O) groups is 1. The first-order valence-electron chi connectivity index (χ1n) is 9.12. The zero-order chi connectivity index (χ0) is 18.1. The molecule has 26 heavy (non-hydrogen) atoms. The molecule has 0 radical (unpaired) electrons. The molecule has 0 bridgehead atoms. The number of nitrogens with zero attached hydrogens (tertiary/aromatic N) is 4. The van der Waals surface area contributed by atoms with Crippen LogP contribution in [0.2, 0.25) is 0 Å². The predicted molar refractivity (Wildman–Crippen MR) is 98.7 cm³/mol. The van der Waals surface area contributed by atoms with Crippen molar-refractivity contribution in [3.63, 3.8) is 0 Å². The maximum Gasteiger partial charge on any atom is 0.252 e. The summed E-state index contributed by atoms with van der Waals surface area (Å²) in [5, 5.41) is 7.72. The summed E-state index contributed by atoms with van der Waals surface area (Å²) in [6.07, 6.45) is 4.37. The number of fused-ring (bicyclic) bond motifs is 1. The summed E-state index contributed by atoms with van der Waals surface area (Å²) in [7, 11) is 0. The van der Waals surface area contributed by atoms with E-state index in [-0.39, 0.29) is 17.9 Å². The minimum atomic E-state index is -0.262. The van der Waals surface area contributed by atoms with Gasteiger partial charge in [0.25, 0.3) is 5.78 Å². The molecule has 1 aliphatic rings. The zero-order valence-corrected chi connectivity index (χ0v) is 15.2. The van der Waals surface area contributed by atoms with E-state index in [0.717, 1.165) is 37.1 Å². The lowest BCUT2D eigenvalue weighted by Crippen LogP contribution is -2.44. The molecule has 2 heterocycles. The van der Waals surface area contributed by atoms with Gasteiger partial charge < -0.3 is 5.32 Å². The molecule has 1 amide bonds. The van der Waals surface area contributed by atoms with Crippen molar-refractivity contribution >= 4 is 11.7 Å². The van der Waals surface area contributed by atoms with E-state index in [0.29, 0.717) is 11.6 Å². The van der Waals surface area contributed by atoms with Crippen LogP contribution >= 0.6 is 0 Å². The fourth-order valence-electron chi connectivity index (χ4n) is 3.96. The van der Waals surface area contributed by atoms with Gasteiger partial charge in [-0.1, -0.05) is 43.2 Å². The third kappa shape index (κ3) is 3.07. The van der Waals surface area contributed by atoms with Gasteiger partial charge in [-0.3, -0.25) is 4.79 Å². The molecule has 2 aromatic heterocycles. The molecule has 134 valence electrons. The smallest absolute Gasteiger partial charge is 0.252 e. The number of benzene rings is 1. The number of aromatic nitrogens is 4. The van der Waals surface area contributed by atoms with E-state index in [2.05, 4.69) is 32.5 Å². The van der Waals surface area contributed by atoms with Crippen LogP contribution in [0.4, 0.5) is 0 Å². The number of rotatable bonds is 4. The third-order valence-electron chi connectivity index (χ3n) is 5.14. The lowest BCUT2D eigenvalue weighted by atomic mass is 9.88. The molecule has 0 atom stereocenters. The minimum absolute atomic E-state index is 0.0407. The molecule has 1 N–H and O–H groups in total. The second-order valence-electron chi connectivity index (χ2n) is 7.16. The molecule has 0 aliphatic heterocycles. The van der Waals surface area contributed by atoms with E-state index in [1.165, 1.54) is 5.56 Å². The summed E-state index contributed by atoms with van der Waals surface area (Å²) in [4.78, 5) is 21.6. The van der Waals surface area contributed by atoms with Crippen molar-refractivity contribution in [2.24, 2.45) is 0 Å². The van der Waals surface area contributed by atoms with Crippen molar-refractivity contribution in [1.82, 2.24) is 24.9 Å². The van der Waals surface area contributed by atoms with E-state index in [4.69, 9.17) is 0 Å². The lowest BCUT2D eigenvalue weighted by molar-refractivity contribution is -0.122. The lowest BCUT2D eigenvalue weighted by Gasteiger charge is -2.31. The van der Waals surface area contributed by atoms with E-state index in [1.807, 2.05) is 38.1 Å². The zero-order valence-electron chi connectivity index (χ0n) is 15.2. The SMILES string of the molecule is Cc1cc(C)n2nc(CC(=O)NC3(c4ccccc4)CCCC3)nc2n1. The highest BCUT2D eigenvalue weighted by Gasteiger charge is 2.36. The van der Waals surface area contributed by atoms with Gasteiger partial charge in [-0.05, 0) is 38.3 Å². The Kier molecular flexibility index (Phi) is 4.18.